The molecule has 2 rings (SSSR count). The molecule has 1 aliphatic rings. The summed E-state index contributed by atoms with van der Waals surface area (Å²) in [6.45, 7) is 0. The van der Waals surface area contributed by atoms with Crippen molar-refractivity contribution < 1.29 is 19.2 Å². The van der Waals surface area contributed by atoms with Crippen LogP contribution < -0.4 is 4.74 Å². The summed E-state index contributed by atoms with van der Waals surface area (Å²) in [6.07, 6.45) is 7.93. The summed E-state index contributed by atoms with van der Waals surface area (Å²) in [5, 5.41) is 10.5. The van der Waals surface area contributed by atoms with Gasteiger partial charge in [0.05, 0.1) is 4.92 Å². The number of rotatable bonds is 3. The number of allylic oxidation sites excluding steroid dienone is 1. The zero-order valence-electron chi connectivity index (χ0n) is 11.6. The number of hydrogen-bond donors (Lipinski definition) is 0. The summed E-state index contributed by atoms with van der Waals surface area (Å²) in [5.74, 6) is 0.223. The average Bonchev–Trinajstić information content (AvgIpc) is 2.42. The van der Waals surface area contributed by atoms with Crippen LogP contribution in [0, 0.1) is 10.1 Å². The molecule has 0 spiro atoms. The summed E-state index contributed by atoms with van der Waals surface area (Å²) in [6, 6.07) is 5.29. The predicted octanol–water partition coefficient (Wildman–Crippen LogP) is 4.00. The van der Waals surface area contributed by atoms with Crippen LogP contribution in [0.4, 0.5) is 10.5 Å². The molecule has 21 heavy (non-hydrogen) atoms. The van der Waals surface area contributed by atoms with Crippen molar-refractivity contribution in [2.24, 2.45) is 0 Å². The van der Waals surface area contributed by atoms with Crippen LogP contribution in [0.5, 0.6) is 5.75 Å². The van der Waals surface area contributed by atoms with Crippen LogP contribution >= 0.6 is 0 Å². The van der Waals surface area contributed by atoms with Crippen molar-refractivity contribution in [2.45, 2.75) is 38.2 Å². The van der Waals surface area contributed by atoms with Gasteiger partial charge in [0.1, 0.15) is 11.9 Å². The lowest BCUT2D eigenvalue weighted by atomic mass is 10.0. The van der Waals surface area contributed by atoms with E-state index in [9.17, 15) is 14.9 Å². The number of nitrogens with zero attached hydrogens (tertiary/aromatic N) is 1. The van der Waals surface area contributed by atoms with Crippen molar-refractivity contribution in [2.75, 3.05) is 0 Å². The Labute approximate surface area is 122 Å². The molecular formula is C15H17NO5. The van der Waals surface area contributed by atoms with E-state index in [0.29, 0.717) is 0 Å². The van der Waals surface area contributed by atoms with Crippen LogP contribution in [0.1, 0.15) is 32.1 Å². The first-order chi connectivity index (χ1) is 10.1. The van der Waals surface area contributed by atoms with Gasteiger partial charge >= 0.3 is 6.16 Å². The third-order valence-electron chi connectivity index (χ3n) is 3.21. The summed E-state index contributed by atoms with van der Waals surface area (Å²) >= 11 is 0. The maximum absolute atomic E-state index is 11.7. The molecule has 0 heterocycles. The molecule has 0 amide bonds. The molecule has 0 bridgehead atoms. The maximum Gasteiger partial charge on any atom is 0.514 e. The Kier molecular flexibility index (Phi) is 5.31. The highest BCUT2D eigenvalue weighted by atomic mass is 16.7. The smallest absolute Gasteiger partial charge is 0.426 e. The number of carbonyl (C=O) groups excluding carboxylic acids is 1. The van der Waals surface area contributed by atoms with Gasteiger partial charge in [-0.2, -0.15) is 0 Å². The molecule has 1 aromatic rings. The van der Waals surface area contributed by atoms with E-state index < -0.39 is 11.1 Å². The van der Waals surface area contributed by atoms with Crippen LogP contribution in [0.3, 0.4) is 0 Å². The second-order valence-corrected chi connectivity index (χ2v) is 4.83. The van der Waals surface area contributed by atoms with Crippen molar-refractivity contribution in [1.82, 2.24) is 0 Å². The van der Waals surface area contributed by atoms with Gasteiger partial charge in [-0.05, 0) is 43.9 Å². The Balaban J connectivity index is 1.88. The Morgan fingerprint density at radius 3 is 2.67 bits per heavy atom. The van der Waals surface area contributed by atoms with Gasteiger partial charge in [0, 0.05) is 12.1 Å². The Bertz CT molecular complexity index is 523. The molecule has 0 radical (unpaired) electrons. The topological polar surface area (TPSA) is 78.7 Å². The normalized spacial score (nSPS) is 19.9. The van der Waals surface area contributed by atoms with Gasteiger partial charge in [0.25, 0.3) is 5.69 Å². The van der Waals surface area contributed by atoms with Crippen LogP contribution in [0.2, 0.25) is 0 Å². The SMILES string of the molecule is O=C(Oc1ccc([N+](=O)[O-])cc1)O[C@H]1/C=C\CCCCC1. The van der Waals surface area contributed by atoms with Crippen molar-refractivity contribution in [3.63, 3.8) is 0 Å². The Morgan fingerprint density at radius 1 is 1.19 bits per heavy atom. The van der Waals surface area contributed by atoms with E-state index in [1.54, 1.807) is 0 Å². The number of nitro groups is 1. The number of carbonyl (C=O) groups is 1. The number of non-ortho nitro benzene ring substituents is 1. The standard InChI is InChI=1S/C15H17NO5/c17-15(20-13-6-4-2-1-3-5-7-13)21-14-10-8-12(9-11-14)16(18)19/h4,6,8-11,13H,1-3,5,7H2/b6-4-/t13-/m0/s1. The third-order valence-corrected chi connectivity index (χ3v) is 3.21. The van der Waals surface area contributed by atoms with Gasteiger partial charge in [-0.3, -0.25) is 10.1 Å². The fourth-order valence-corrected chi connectivity index (χ4v) is 2.11. The van der Waals surface area contributed by atoms with Gasteiger partial charge < -0.3 is 9.47 Å². The summed E-state index contributed by atoms with van der Waals surface area (Å²) in [7, 11) is 0. The number of benzene rings is 1. The van der Waals surface area contributed by atoms with Crippen LogP contribution in [0.25, 0.3) is 0 Å². The minimum atomic E-state index is -0.793. The molecule has 0 aromatic heterocycles. The molecule has 0 saturated heterocycles. The van der Waals surface area contributed by atoms with Gasteiger partial charge in [0.2, 0.25) is 0 Å². The van der Waals surface area contributed by atoms with Crippen molar-refractivity contribution in [3.8, 4) is 5.75 Å². The Morgan fingerprint density at radius 2 is 1.95 bits per heavy atom. The van der Waals surface area contributed by atoms with E-state index in [1.165, 1.54) is 24.3 Å². The zero-order valence-corrected chi connectivity index (χ0v) is 11.6. The monoisotopic (exact) mass is 291 g/mol. The molecular weight excluding hydrogens is 274 g/mol. The second-order valence-electron chi connectivity index (χ2n) is 4.83. The van der Waals surface area contributed by atoms with Crippen molar-refractivity contribution >= 4 is 11.8 Å². The van der Waals surface area contributed by atoms with Gasteiger partial charge in [0.15, 0.2) is 0 Å². The zero-order chi connectivity index (χ0) is 15.1. The average molecular weight is 291 g/mol. The number of nitro benzene ring substituents is 1. The molecule has 6 heteroatoms. The summed E-state index contributed by atoms with van der Waals surface area (Å²) in [4.78, 5) is 21.7. The first-order valence-electron chi connectivity index (χ1n) is 6.95. The highest BCUT2D eigenvalue weighted by molar-refractivity contribution is 5.64. The fraction of sp³-hybridized carbons (Fsp3) is 0.400. The number of ether oxygens (including phenoxy) is 2. The Hall–Kier alpha value is -2.37. The minimum Gasteiger partial charge on any atom is -0.426 e. The van der Waals surface area contributed by atoms with Gasteiger partial charge in [-0.1, -0.05) is 12.5 Å². The second kappa shape index (κ2) is 7.42. The van der Waals surface area contributed by atoms with E-state index >= 15 is 0 Å². The van der Waals surface area contributed by atoms with Crippen LogP contribution in [0.15, 0.2) is 36.4 Å². The van der Waals surface area contributed by atoms with E-state index in [-0.39, 0.29) is 17.5 Å². The van der Waals surface area contributed by atoms with Crippen LogP contribution in [-0.2, 0) is 4.74 Å². The van der Waals surface area contributed by atoms with E-state index in [0.717, 1.165) is 32.1 Å². The first-order valence-corrected chi connectivity index (χ1v) is 6.95. The summed E-state index contributed by atoms with van der Waals surface area (Å²) in [5.41, 5.74) is -0.0568. The third kappa shape index (κ3) is 4.91. The first kappa shape index (κ1) is 15.0. The predicted molar refractivity (Wildman–Crippen MR) is 76.2 cm³/mol. The van der Waals surface area contributed by atoms with Crippen molar-refractivity contribution in [1.29, 1.82) is 0 Å². The highest BCUT2D eigenvalue weighted by Crippen LogP contribution is 2.19. The maximum atomic E-state index is 11.7. The molecule has 1 atom stereocenters. The largest absolute Gasteiger partial charge is 0.514 e. The lowest BCUT2D eigenvalue weighted by Crippen LogP contribution is -2.19. The molecule has 0 unspecified atom stereocenters. The molecule has 0 aliphatic heterocycles. The highest BCUT2D eigenvalue weighted by Gasteiger charge is 2.15. The molecule has 0 saturated carbocycles. The van der Waals surface area contributed by atoms with E-state index in [2.05, 4.69) is 0 Å². The van der Waals surface area contributed by atoms with Crippen LogP contribution in [-0.4, -0.2) is 17.2 Å². The lowest BCUT2D eigenvalue weighted by molar-refractivity contribution is -0.384. The summed E-state index contributed by atoms with van der Waals surface area (Å²) < 4.78 is 10.2. The molecule has 112 valence electrons. The van der Waals surface area contributed by atoms with Crippen molar-refractivity contribution in [3.05, 3.63) is 46.5 Å². The van der Waals surface area contributed by atoms with Gasteiger partial charge in [-0.25, -0.2) is 4.79 Å². The molecule has 1 aromatic carbocycles. The minimum absolute atomic E-state index is 0.0568. The molecule has 0 fully saturated rings. The lowest BCUT2D eigenvalue weighted by Gasteiger charge is -2.15. The number of hydrogen-bond acceptors (Lipinski definition) is 5. The molecule has 6 nitrogen and oxygen atoms in total. The molecule has 1 aliphatic carbocycles. The fourth-order valence-electron chi connectivity index (χ4n) is 2.11. The van der Waals surface area contributed by atoms with E-state index in [4.69, 9.17) is 9.47 Å². The van der Waals surface area contributed by atoms with E-state index in [1.807, 2.05) is 12.2 Å². The molecule has 0 N–H and O–H groups in total. The van der Waals surface area contributed by atoms with Gasteiger partial charge in [-0.15, -0.1) is 0 Å². The quantitative estimate of drug-likeness (QED) is 0.276.